The SMILES string of the molecule is CNCC(=O)OCc1c(C)cc(C)cc1C. The Morgan fingerprint density at radius 2 is 1.81 bits per heavy atom. The molecule has 0 fully saturated rings. The minimum atomic E-state index is -0.220. The molecule has 0 saturated heterocycles. The van der Waals surface area contributed by atoms with Crippen LogP contribution in [-0.4, -0.2) is 19.6 Å². The fourth-order valence-electron chi connectivity index (χ4n) is 1.79. The van der Waals surface area contributed by atoms with Crippen LogP contribution in [0, 0.1) is 20.8 Å². The average Bonchev–Trinajstić information content (AvgIpc) is 2.16. The van der Waals surface area contributed by atoms with Crippen molar-refractivity contribution in [2.75, 3.05) is 13.6 Å². The van der Waals surface area contributed by atoms with Crippen LogP contribution in [0.25, 0.3) is 0 Å². The molecule has 3 nitrogen and oxygen atoms in total. The normalized spacial score (nSPS) is 10.2. The van der Waals surface area contributed by atoms with Crippen LogP contribution < -0.4 is 5.32 Å². The molecular weight excluding hydrogens is 202 g/mol. The molecule has 0 atom stereocenters. The summed E-state index contributed by atoms with van der Waals surface area (Å²) in [6.07, 6.45) is 0. The summed E-state index contributed by atoms with van der Waals surface area (Å²) in [4.78, 5) is 11.2. The van der Waals surface area contributed by atoms with Crippen LogP contribution in [0.3, 0.4) is 0 Å². The van der Waals surface area contributed by atoms with Gasteiger partial charge >= 0.3 is 5.97 Å². The van der Waals surface area contributed by atoms with E-state index in [9.17, 15) is 4.79 Å². The zero-order valence-corrected chi connectivity index (χ0v) is 10.4. The number of rotatable bonds is 4. The molecule has 1 rings (SSSR count). The lowest BCUT2D eigenvalue weighted by molar-refractivity contribution is -0.143. The average molecular weight is 221 g/mol. The summed E-state index contributed by atoms with van der Waals surface area (Å²) >= 11 is 0. The van der Waals surface area contributed by atoms with E-state index in [0.29, 0.717) is 6.61 Å². The second-order valence-corrected chi connectivity index (χ2v) is 4.07. The Balaban J connectivity index is 2.70. The molecule has 0 bridgehead atoms. The molecule has 0 aliphatic heterocycles. The maximum atomic E-state index is 11.2. The monoisotopic (exact) mass is 221 g/mol. The van der Waals surface area contributed by atoms with E-state index in [1.165, 1.54) is 16.7 Å². The molecule has 16 heavy (non-hydrogen) atoms. The minimum absolute atomic E-state index is 0.220. The van der Waals surface area contributed by atoms with Gasteiger partial charge in [-0.1, -0.05) is 17.7 Å². The molecule has 0 aromatic heterocycles. The predicted octanol–water partition coefficient (Wildman–Crippen LogP) is 1.87. The molecule has 0 spiro atoms. The maximum Gasteiger partial charge on any atom is 0.320 e. The van der Waals surface area contributed by atoms with Crippen LogP contribution in [-0.2, 0) is 16.1 Å². The van der Waals surface area contributed by atoms with Crippen molar-refractivity contribution in [1.29, 1.82) is 0 Å². The largest absolute Gasteiger partial charge is 0.460 e. The highest BCUT2D eigenvalue weighted by molar-refractivity contribution is 5.71. The van der Waals surface area contributed by atoms with Crippen molar-refractivity contribution >= 4 is 5.97 Å². The summed E-state index contributed by atoms with van der Waals surface area (Å²) in [5.74, 6) is -0.220. The fraction of sp³-hybridized carbons (Fsp3) is 0.462. The molecule has 1 aromatic carbocycles. The van der Waals surface area contributed by atoms with Gasteiger partial charge in [-0.3, -0.25) is 4.79 Å². The van der Waals surface area contributed by atoms with E-state index in [-0.39, 0.29) is 12.5 Å². The van der Waals surface area contributed by atoms with E-state index in [0.717, 1.165) is 5.56 Å². The van der Waals surface area contributed by atoms with E-state index in [1.807, 2.05) is 13.8 Å². The topological polar surface area (TPSA) is 38.3 Å². The van der Waals surface area contributed by atoms with Crippen molar-refractivity contribution in [2.45, 2.75) is 27.4 Å². The summed E-state index contributed by atoms with van der Waals surface area (Å²) in [5, 5.41) is 2.77. The lowest BCUT2D eigenvalue weighted by atomic mass is 10.0. The van der Waals surface area contributed by atoms with Gasteiger partial charge in [0, 0.05) is 0 Å². The van der Waals surface area contributed by atoms with Gasteiger partial charge in [-0.15, -0.1) is 0 Å². The highest BCUT2D eigenvalue weighted by Gasteiger charge is 2.07. The molecule has 1 N–H and O–H groups in total. The molecule has 0 amide bonds. The molecule has 0 unspecified atom stereocenters. The molecule has 0 saturated carbocycles. The molecule has 0 aliphatic rings. The van der Waals surface area contributed by atoms with Gasteiger partial charge < -0.3 is 10.1 Å². The van der Waals surface area contributed by atoms with Crippen LogP contribution in [0.4, 0.5) is 0 Å². The summed E-state index contributed by atoms with van der Waals surface area (Å²) in [5.41, 5.74) is 4.69. The van der Waals surface area contributed by atoms with Crippen LogP contribution in [0.15, 0.2) is 12.1 Å². The Morgan fingerprint density at radius 3 is 2.31 bits per heavy atom. The van der Waals surface area contributed by atoms with Gasteiger partial charge in [0.25, 0.3) is 0 Å². The number of hydrogen-bond donors (Lipinski definition) is 1. The van der Waals surface area contributed by atoms with Gasteiger partial charge in [-0.05, 0) is 44.5 Å². The predicted molar refractivity (Wildman–Crippen MR) is 64.4 cm³/mol. The molecule has 1 aromatic rings. The van der Waals surface area contributed by atoms with E-state index < -0.39 is 0 Å². The highest BCUT2D eigenvalue weighted by Crippen LogP contribution is 2.17. The number of esters is 1. The van der Waals surface area contributed by atoms with E-state index in [4.69, 9.17) is 4.74 Å². The smallest absolute Gasteiger partial charge is 0.320 e. The van der Waals surface area contributed by atoms with Gasteiger partial charge in [0.1, 0.15) is 6.61 Å². The number of benzene rings is 1. The molecule has 0 radical (unpaired) electrons. The Bertz CT molecular complexity index is 363. The van der Waals surface area contributed by atoms with Crippen LogP contribution in [0.5, 0.6) is 0 Å². The first kappa shape index (κ1) is 12.7. The lowest BCUT2D eigenvalue weighted by Gasteiger charge is -2.11. The molecule has 3 heteroatoms. The number of ether oxygens (including phenoxy) is 1. The summed E-state index contributed by atoms with van der Waals surface area (Å²) in [6.45, 7) is 6.77. The summed E-state index contributed by atoms with van der Waals surface area (Å²) < 4.78 is 5.17. The van der Waals surface area contributed by atoms with Crippen LogP contribution in [0.1, 0.15) is 22.3 Å². The number of carbonyl (C=O) groups is 1. The number of hydrogen-bond acceptors (Lipinski definition) is 3. The Labute approximate surface area is 96.8 Å². The van der Waals surface area contributed by atoms with Crippen molar-refractivity contribution in [2.24, 2.45) is 0 Å². The number of nitrogens with one attached hydrogen (secondary N) is 1. The highest BCUT2D eigenvalue weighted by atomic mass is 16.5. The number of likely N-dealkylation sites (N-methyl/N-ethyl adjacent to an activating group) is 1. The Morgan fingerprint density at radius 1 is 1.25 bits per heavy atom. The third-order valence-corrected chi connectivity index (χ3v) is 2.54. The zero-order valence-electron chi connectivity index (χ0n) is 10.4. The summed E-state index contributed by atoms with van der Waals surface area (Å²) in [6, 6.07) is 4.21. The zero-order chi connectivity index (χ0) is 12.1. The van der Waals surface area contributed by atoms with Crippen LogP contribution in [0.2, 0.25) is 0 Å². The van der Waals surface area contributed by atoms with Gasteiger partial charge in [0.05, 0.1) is 6.54 Å². The van der Waals surface area contributed by atoms with Crippen molar-refractivity contribution in [1.82, 2.24) is 5.32 Å². The molecule has 0 aliphatic carbocycles. The van der Waals surface area contributed by atoms with E-state index >= 15 is 0 Å². The van der Waals surface area contributed by atoms with Crippen molar-refractivity contribution in [3.8, 4) is 0 Å². The lowest BCUT2D eigenvalue weighted by Crippen LogP contribution is -2.21. The fourth-order valence-corrected chi connectivity index (χ4v) is 1.79. The summed E-state index contributed by atoms with van der Waals surface area (Å²) in [7, 11) is 1.73. The van der Waals surface area contributed by atoms with Gasteiger partial charge in [-0.25, -0.2) is 0 Å². The van der Waals surface area contributed by atoms with Crippen molar-refractivity contribution in [3.63, 3.8) is 0 Å². The van der Waals surface area contributed by atoms with Crippen molar-refractivity contribution < 1.29 is 9.53 Å². The first-order chi connectivity index (χ1) is 7.54. The number of carbonyl (C=O) groups excluding carboxylic acids is 1. The maximum absolute atomic E-state index is 11.2. The second kappa shape index (κ2) is 5.66. The molecule has 88 valence electrons. The van der Waals surface area contributed by atoms with Crippen LogP contribution >= 0.6 is 0 Å². The first-order valence-electron chi connectivity index (χ1n) is 5.41. The van der Waals surface area contributed by atoms with E-state index in [2.05, 4.69) is 24.4 Å². The van der Waals surface area contributed by atoms with Gasteiger partial charge in [-0.2, -0.15) is 0 Å². The molecule has 0 heterocycles. The Hall–Kier alpha value is -1.35. The van der Waals surface area contributed by atoms with E-state index in [1.54, 1.807) is 7.05 Å². The third kappa shape index (κ3) is 3.35. The Kier molecular flexibility index (Phi) is 4.50. The first-order valence-corrected chi connectivity index (χ1v) is 5.41. The van der Waals surface area contributed by atoms with Gasteiger partial charge in [0.15, 0.2) is 0 Å². The van der Waals surface area contributed by atoms with Crippen molar-refractivity contribution in [3.05, 3.63) is 34.4 Å². The number of aryl methyl sites for hydroxylation is 3. The second-order valence-electron chi connectivity index (χ2n) is 4.07. The quantitative estimate of drug-likeness (QED) is 0.789. The van der Waals surface area contributed by atoms with Gasteiger partial charge in [0.2, 0.25) is 0 Å². The molecular formula is C13H19NO2. The standard InChI is InChI=1S/C13H19NO2/c1-9-5-10(2)12(11(3)6-9)8-16-13(15)7-14-4/h5-6,14H,7-8H2,1-4H3. The minimum Gasteiger partial charge on any atom is -0.460 e. The third-order valence-electron chi connectivity index (χ3n) is 2.54.